The van der Waals surface area contributed by atoms with Gasteiger partial charge in [-0.3, -0.25) is 4.79 Å². The molecular formula is C19H30O. The first-order chi connectivity index (χ1) is 9.52. The highest BCUT2D eigenvalue weighted by atomic mass is 16.1. The van der Waals surface area contributed by atoms with Gasteiger partial charge < -0.3 is 0 Å². The standard InChI is InChI=1S/C19H30O/c1-13-5-4-12-19(3)16(13)9-10-17(19)14(2)6-11-18(20)15-7-8-15/h6,11,13-17H,4-5,7-10,12H2,1-3H3/b11-6+/t13-,14+,16-,17-,19-/m0/s1. The summed E-state index contributed by atoms with van der Waals surface area (Å²) in [6.45, 7) is 7.34. The Morgan fingerprint density at radius 1 is 1.20 bits per heavy atom. The van der Waals surface area contributed by atoms with Gasteiger partial charge in [-0.15, -0.1) is 0 Å². The topological polar surface area (TPSA) is 17.1 Å². The van der Waals surface area contributed by atoms with E-state index in [4.69, 9.17) is 0 Å². The minimum Gasteiger partial charge on any atom is -0.295 e. The molecule has 0 aromatic rings. The smallest absolute Gasteiger partial charge is 0.158 e. The van der Waals surface area contributed by atoms with E-state index in [1.165, 1.54) is 32.1 Å². The lowest BCUT2D eigenvalue weighted by atomic mass is 9.60. The van der Waals surface area contributed by atoms with Gasteiger partial charge in [0.05, 0.1) is 0 Å². The van der Waals surface area contributed by atoms with Gasteiger partial charge >= 0.3 is 0 Å². The first kappa shape index (κ1) is 14.4. The molecule has 3 fully saturated rings. The predicted octanol–water partition coefficient (Wildman–Crippen LogP) is 5.01. The molecule has 0 N–H and O–H groups in total. The lowest BCUT2D eigenvalue weighted by molar-refractivity contribution is -0.115. The molecule has 0 amide bonds. The number of carbonyl (C=O) groups is 1. The van der Waals surface area contributed by atoms with Crippen LogP contribution in [0.4, 0.5) is 0 Å². The molecule has 20 heavy (non-hydrogen) atoms. The van der Waals surface area contributed by atoms with Crippen molar-refractivity contribution < 1.29 is 4.79 Å². The zero-order chi connectivity index (χ0) is 14.3. The monoisotopic (exact) mass is 274 g/mol. The van der Waals surface area contributed by atoms with E-state index in [1.807, 2.05) is 6.08 Å². The second kappa shape index (κ2) is 5.31. The first-order valence-corrected chi connectivity index (χ1v) is 8.74. The van der Waals surface area contributed by atoms with Crippen LogP contribution < -0.4 is 0 Å². The number of hydrogen-bond donors (Lipinski definition) is 0. The maximum absolute atomic E-state index is 11.9. The average Bonchev–Trinajstić information content (AvgIpc) is 3.18. The van der Waals surface area contributed by atoms with Crippen LogP contribution in [0, 0.1) is 35.0 Å². The molecule has 0 heterocycles. The minimum absolute atomic E-state index is 0.375. The van der Waals surface area contributed by atoms with Crippen molar-refractivity contribution in [2.24, 2.45) is 35.0 Å². The Bertz CT molecular complexity index is 406. The lowest BCUT2D eigenvalue weighted by Gasteiger charge is -2.45. The number of allylic oxidation sites excluding steroid dienone is 2. The molecule has 112 valence electrons. The van der Waals surface area contributed by atoms with Gasteiger partial charge in [0.2, 0.25) is 0 Å². The van der Waals surface area contributed by atoms with Crippen LogP contribution in [-0.2, 0) is 4.79 Å². The van der Waals surface area contributed by atoms with E-state index >= 15 is 0 Å². The number of rotatable bonds is 4. The van der Waals surface area contributed by atoms with Crippen molar-refractivity contribution in [2.75, 3.05) is 0 Å². The summed E-state index contributed by atoms with van der Waals surface area (Å²) in [6.07, 6.45) is 13.4. The summed E-state index contributed by atoms with van der Waals surface area (Å²) in [5.74, 6) is 3.95. The second-order valence-corrected chi connectivity index (χ2v) is 8.06. The molecule has 1 nitrogen and oxygen atoms in total. The van der Waals surface area contributed by atoms with Crippen molar-refractivity contribution in [3.05, 3.63) is 12.2 Å². The van der Waals surface area contributed by atoms with Crippen LogP contribution in [0.3, 0.4) is 0 Å². The quantitative estimate of drug-likeness (QED) is 0.659. The third-order valence-electron chi connectivity index (χ3n) is 6.72. The van der Waals surface area contributed by atoms with Gasteiger partial charge in [-0.05, 0) is 67.3 Å². The molecule has 0 aliphatic heterocycles. The molecule has 0 saturated heterocycles. The Morgan fingerprint density at radius 2 is 1.95 bits per heavy atom. The zero-order valence-electron chi connectivity index (χ0n) is 13.4. The summed E-state index contributed by atoms with van der Waals surface area (Å²) >= 11 is 0. The van der Waals surface area contributed by atoms with Gasteiger partial charge in [0.15, 0.2) is 5.78 Å². The maximum atomic E-state index is 11.9. The fraction of sp³-hybridized carbons (Fsp3) is 0.842. The zero-order valence-corrected chi connectivity index (χ0v) is 13.4. The fourth-order valence-electron chi connectivity index (χ4n) is 5.35. The van der Waals surface area contributed by atoms with Gasteiger partial charge in [0.25, 0.3) is 0 Å². The minimum atomic E-state index is 0.375. The first-order valence-electron chi connectivity index (χ1n) is 8.74. The van der Waals surface area contributed by atoms with Crippen LogP contribution >= 0.6 is 0 Å². The molecule has 0 bridgehead atoms. The Labute approximate surface area is 124 Å². The molecule has 0 unspecified atom stereocenters. The molecule has 3 aliphatic carbocycles. The van der Waals surface area contributed by atoms with Crippen LogP contribution in [0.1, 0.15) is 65.7 Å². The molecule has 0 aromatic heterocycles. The van der Waals surface area contributed by atoms with E-state index in [-0.39, 0.29) is 0 Å². The summed E-state index contributed by atoms with van der Waals surface area (Å²) in [6, 6.07) is 0. The Morgan fingerprint density at radius 3 is 2.65 bits per heavy atom. The molecule has 3 rings (SSSR count). The summed E-state index contributed by atoms with van der Waals surface area (Å²) in [4.78, 5) is 11.9. The molecule has 0 radical (unpaired) electrons. The van der Waals surface area contributed by atoms with E-state index < -0.39 is 0 Å². The molecule has 3 saturated carbocycles. The highest BCUT2D eigenvalue weighted by Gasteiger charge is 2.50. The molecule has 0 spiro atoms. The Hall–Kier alpha value is -0.590. The van der Waals surface area contributed by atoms with Gasteiger partial charge in [0, 0.05) is 5.92 Å². The Balaban J connectivity index is 1.68. The van der Waals surface area contributed by atoms with Gasteiger partial charge in [-0.2, -0.15) is 0 Å². The van der Waals surface area contributed by atoms with Gasteiger partial charge in [-0.1, -0.05) is 39.7 Å². The number of fused-ring (bicyclic) bond motifs is 1. The SMILES string of the molecule is C[C@H](/C=C/C(=O)C1CC1)[C@@H]1CC[C@H]2[C@@H](C)CCC[C@]12C. The van der Waals surface area contributed by atoms with E-state index in [0.717, 1.165) is 30.6 Å². The molecule has 5 atom stereocenters. The normalized spacial score (nSPS) is 42.6. The van der Waals surface area contributed by atoms with Crippen LogP contribution in [0.25, 0.3) is 0 Å². The van der Waals surface area contributed by atoms with Crippen molar-refractivity contribution in [2.45, 2.75) is 65.7 Å². The number of hydrogen-bond acceptors (Lipinski definition) is 1. The van der Waals surface area contributed by atoms with Crippen LogP contribution in [0.15, 0.2) is 12.2 Å². The predicted molar refractivity (Wildman–Crippen MR) is 83.4 cm³/mol. The third-order valence-corrected chi connectivity index (χ3v) is 6.72. The molecular weight excluding hydrogens is 244 g/mol. The van der Waals surface area contributed by atoms with E-state index in [2.05, 4.69) is 26.8 Å². The van der Waals surface area contributed by atoms with E-state index in [0.29, 0.717) is 23.0 Å². The maximum Gasteiger partial charge on any atom is 0.158 e. The van der Waals surface area contributed by atoms with Crippen molar-refractivity contribution >= 4 is 5.78 Å². The third kappa shape index (κ3) is 2.49. The van der Waals surface area contributed by atoms with Crippen LogP contribution in [0.5, 0.6) is 0 Å². The highest BCUT2D eigenvalue weighted by Crippen LogP contribution is 2.59. The lowest BCUT2D eigenvalue weighted by Crippen LogP contribution is -2.37. The summed E-state index contributed by atoms with van der Waals surface area (Å²) in [7, 11) is 0. The molecule has 3 aliphatic rings. The van der Waals surface area contributed by atoms with Crippen LogP contribution in [-0.4, -0.2) is 5.78 Å². The Kier molecular flexibility index (Phi) is 3.81. The number of ketones is 1. The largest absolute Gasteiger partial charge is 0.295 e. The van der Waals surface area contributed by atoms with E-state index in [9.17, 15) is 4.79 Å². The highest BCUT2D eigenvalue weighted by molar-refractivity contribution is 5.93. The summed E-state index contributed by atoms with van der Waals surface area (Å²) < 4.78 is 0. The summed E-state index contributed by atoms with van der Waals surface area (Å²) in [5.41, 5.74) is 0.532. The van der Waals surface area contributed by atoms with Crippen molar-refractivity contribution in [3.63, 3.8) is 0 Å². The second-order valence-electron chi connectivity index (χ2n) is 8.06. The van der Waals surface area contributed by atoms with Crippen molar-refractivity contribution in [3.8, 4) is 0 Å². The molecule has 0 aromatic carbocycles. The average molecular weight is 274 g/mol. The number of carbonyl (C=O) groups excluding carboxylic acids is 1. The van der Waals surface area contributed by atoms with Crippen molar-refractivity contribution in [1.29, 1.82) is 0 Å². The van der Waals surface area contributed by atoms with Crippen molar-refractivity contribution in [1.82, 2.24) is 0 Å². The molecule has 1 heteroatoms. The summed E-state index contributed by atoms with van der Waals surface area (Å²) in [5, 5.41) is 0. The van der Waals surface area contributed by atoms with Gasteiger partial charge in [0.1, 0.15) is 0 Å². The van der Waals surface area contributed by atoms with Crippen LogP contribution in [0.2, 0.25) is 0 Å². The van der Waals surface area contributed by atoms with Gasteiger partial charge in [-0.25, -0.2) is 0 Å². The van der Waals surface area contributed by atoms with E-state index in [1.54, 1.807) is 0 Å². The fourth-order valence-corrected chi connectivity index (χ4v) is 5.35.